The smallest absolute Gasteiger partial charge is 0.153 e. The SMILES string of the molecule is O=Cc1ccoc1.[B]/C(Br)=C/c1ccoc1. The summed E-state index contributed by atoms with van der Waals surface area (Å²) in [4.78, 5) is 9.81. The summed E-state index contributed by atoms with van der Waals surface area (Å²) < 4.78 is 9.97. The third-order valence-electron chi connectivity index (χ3n) is 1.53. The van der Waals surface area contributed by atoms with Crippen LogP contribution in [0.25, 0.3) is 6.08 Å². The zero-order valence-corrected chi connectivity index (χ0v) is 9.88. The lowest BCUT2D eigenvalue weighted by atomic mass is 10.1. The second kappa shape index (κ2) is 6.90. The van der Waals surface area contributed by atoms with Gasteiger partial charge in [-0.25, -0.2) is 0 Å². The Hall–Kier alpha value is -1.49. The minimum atomic E-state index is 0.583. The van der Waals surface area contributed by atoms with Crippen molar-refractivity contribution in [2.24, 2.45) is 0 Å². The fraction of sp³-hybridized carbons (Fsp3) is 0. The fourth-order valence-corrected chi connectivity index (χ4v) is 1.12. The highest BCUT2D eigenvalue weighted by atomic mass is 79.9. The average molecular weight is 279 g/mol. The van der Waals surface area contributed by atoms with Crippen molar-refractivity contribution in [1.82, 2.24) is 0 Å². The van der Waals surface area contributed by atoms with Gasteiger partial charge in [0.25, 0.3) is 0 Å². The standard InChI is InChI=1S/C6H4BBrO.C5H4O2/c7-6(8)3-5-1-2-9-4-5;6-3-5-1-2-7-4-5/h1-4H;1-4H/b6-3-;. The Kier molecular flexibility index (Phi) is 5.43. The van der Waals surface area contributed by atoms with Crippen LogP contribution in [0.2, 0.25) is 0 Å². The van der Waals surface area contributed by atoms with Crippen LogP contribution in [0.5, 0.6) is 0 Å². The number of carbonyl (C=O) groups excluding carboxylic acids is 1. The van der Waals surface area contributed by atoms with Gasteiger partial charge in [-0.15, -0.1) is 0 Å². The van der Waals surface area contributed by atoms with Gasteiger partial charge in [0.05, 0.1) is 24.4 Å². The van der Waals surface area contributed by atoms with E-state index in [1.165, 1.54) is 12.5 Å². The molecule has 0 saturated heterocycles. The second-order valence-electron chi connectivity index (χ2n) is 2.76. The van der Waals surface area contributed by atoms with E-state index < -0.39 is 0 Å². The van der Waals surface area contributed by atoms with Gasteiger partial charge in [0, 0.05) is 5.56 Å². The lowest BCUT2D eigenvalue weighted by Crippen LogP contribution is -1.65. The maximum absolute atomic E-state index is 9.81. The fourth-order valence-electron chi connectivity index (χ4n) is 0.858. The first-order valence-corrected chi connectivity index (χ1v) is 5.14. The van der Waals surface area contributed by atoms with Crippen molar-refractivity contribution in [3.8, 4) is 0 Å². The Labute approximate surface area is 103 Å². The Morgan fingerprint density at radius 1 is 1.19 bits per heavy atom. The average Bonchev–Trinajstić information content (AvgIpc) is 2.88. The van der Waals surface area contributed by atoms with Crippen molar-refractivity contribution in [3.63, 3.8) is 0 Å². The van der Waals surface area contributed by atoms with Gasteiger partial charge in [-0.1, -0.05) is 26.4 Å². The van der Waals surface area contributed by atoms with E-state index >= 15 is 0 Å². The Bertz CT molecular complexity index is 428. The molecule has 2 aromatic heterocycles. The normalized spacial score (nSPS) is 10.4. The van der Waals surface area contributed by atoms with Crippen molar-refractivity contribution in [2.45, 2.75) is 0 Å². The Balaban J connectivity index is 0.000000165. The molecule has 0 aromatic carbocycles. The highest BCUT2D eigenvalue weighted by Gasteiger charge is 1.86. The molecule has 0 aliphatic heterocycles. The molecule has 5 heteroatoms. The van der Waals surface area contributed by atoms with E-state index in [0.29, 0.717) is 9.95 Å². The molecule has 0 aliphatic carbocycles. The first kappa shape index (κ1) is 12.6. The quantitative estimate of drug-likeness (QED) is 0.626. The predicted molar refractivity (Wildman–Crippen MR) is 65.5 cm³/mol. The van der Waals surface area contributed by atoms with Crippen LogP contribution in [0.4, 0.5) is 0 Å². The molecule has 2 radical (unpaired) electrons. The Morgan fingerprint density at radius 3 is 2.06 bits per heavy atom. The molecule has 2 rings (SSSR count). The first-order chi connectivity index (χ1) is 7.72. The van der Waals surface area contributed by atoms with E-state index in [1.807, 2.05) is 6.07 Å². The number of carbonyl (C=O) groups is 1. The molecule has 0 N–H and O–H groups in total. The molecular formula is C11H8BBrO3. The molecule has 0 bridgehead atoms. The minimum Gasteiger partial charge on any atom is -0.472 e. The number of halogens is 1. The molecule has 16 heavy (non-hydrogen) atoms. The summed E-state index contributed by atoms with van der Waals surface area (Å²) in [5.74, 6) is 0. The zero-order valence-electron chi connectivity index (χ0n) is 8.30. The van der Waals surface area contributed by atoms with Gasteiger partial charge in [0.2, 0.25) is 0 Å². The number of hydrogen-bond donors (Lipinski definition) is 0. The van der Waals surface area contributed by atoms with E-state index in [4.69, 9.17) is 12.3 Å². The van der Waals surface area contributed by atoms with Crippen LogP contribution in [0.1, 0.15) is 15.9 Å². The number of rotatable bonds is 2. The summed E-state index contributed by atoms with van der Waals surface area (Å²) in [5, 5.41) is 0. The van der Waals surface area contributed by atoms with E-state index in [-0.39, 0.29) is 0 Å². The van der Waals surface area contributed by atoms with Crippen LogP contribution in [0.15, 0.2) is 50.4 Å². The highest BCUT2D eigenvalue weighted by molar-refractivity contribution is 9.12. The van der Waals surface area contributed by atoms with Crippen LogP contribution in [0.3, 0.4) is 0 Å². The molecule has 0 fully saturated rings. The van der Waals surface area contributed by atoms with Crippen LogP contribution in [-0.4, -0.2) is 14.1 Å². The maximum atomic E-state index is 9.81. The van der Waals surface area contributed by atoms with E-state index in [1.54, 1.807) is 24.7 Å². The predicted octanol–water partition coefficient (Wildman–Crippen LogP) is 3.23. The lowest BCUT2D eigenvalue weighted by molar-refractivity contribution is 0.112. The number of furan rings is 2. The monoisotopic (exact) mass is 278 g/mol. The molecule has 2 heterocycles. The van der Waals surface area contributed by atoms with Crippen molar-refractivity contribution in [2.75, 3.05) is 0 Å². The molecule has 0 amide bonds. The molecular weight excluding hydrogens is 271 g/mol. The number of hydrogen-bond acceptors (Lipinski definition) is 3. The maximum Gasteiger partial charge on any atom is 0.153 e. The third-order valence-corrected chi connectivity index (χ3v) is 1.76. The zero-order chi connectivity index (χ0) is 11.8. The molecule has 0 saturated carbocycles. The van der Waals surface area contributed by atoms with Gasteiger partial charge in [0.15, 0.2) is 6.29 Å². The number of aldehydes is 1. The molecule has 0 atom stereocenters. The third kappa shape index (κ3) is 4.84. The van der Waals surface area contributed by atoms with Crippen molar-refractivity contribution in [1.29, 1.82) is 0 Å². The Morgan fingerprint density at radius 2 is 1.75 bits per heavy atom. The largest absolute Gasteiger partial charge is 0.472 e. The van der Waals surface area contributed by atoms with Gasteiger partial charge in [0.1, 0.15) is 14.1 Å². The van der Waals surface area contributed by atoms with E-state index in [2.05, 4.69) is 20.3 Å². The molecule has 80 valence electrons. The summed E-state index contributed by atoms with van der Waals surface area (Å²) >= 11 is 3.09. The van der Waals surface area contributed by atoms with Crippen LogP contribution in [0, 0.1) is 0 Å². The van der Waals surface area contributed by atoms with Gasteiger partial charge in [-0.2, -0.15) is 0 Å². The lowest BCUT2D eigenvalue weighted by Gasteiger charge is -1.81. The van der Waals surface area contributed by atoms with Gasteiger partial charge in [-0.3, -0.25) is 4.79 Å². The molecule has 0 spiro atoms. The van der Waals surface area contributed by atoms with E-state index in [9.17, 15) is 4.79 Å². The van der Waals surface area contributed by atoms with Crippen molar-refractivity contribution >= 4 is 36.1 Å². The molecule has 3 nitrogen and oxygen atoms in total. The van der Waals surface area contributed by atoms with Crippen molar-refractivity contribution < 1.29 is 13.6 Å². The first-order valence-electron chi connectivity index (χ1n) is 4.34. The van der Waals surface area contributed by atoms with Crippen LogP contribution >= 0.6 is 15.9 Å². The van der Waals surface area contributed by atoms with Crippen LogP contribution < -0.4 is 0 Å². The van der Waals surface area contributed by atoms with Gasteiger partial charge in [-0.05, 0) is 12.1 Å². The molecule has 0 unspecified atom stereocenters. The summed E-state index contributed by atoms with van der Waals surface area (Å²) in [6.45, 7) is 0. The molecule has 0 aliphatic rings. The highest BCUT2D eigenvalue weighted by Crippen LogP contribution is 2.08. The summed E-state index contributed by atoms with van der Waals surface area (Å²) in [7, 11) is 5.32. The summed E-state index contributed by atoms with van der Waals surface area (Å²) in [6.07, 6.45) is 8.58. The summed E-state index contributed by atoms with van der Waals surface area (Å²) in [6, 6.07) is 3.43. The molecule has 2 aromatic rings. The second-order valence-corrected chi connectivity index (χ2v) is 3.68. The topological polar surface area (TPSA) is 43.4 Å². The summed E-state index contributed by atoms with van der Waals surface area (Å²) in [5.41, 5.74) is 1.55. The van der Waals surface area contributed by atoms with E-state index in [0.717, 1.165) is 11.8 Å². The van der Waals surface area contributed by atoms with Gasteiger partial charge >= 0.3 is 0 Å². The van der Waals surface area contributed by atoms with Gasteiger partial charge < -0.3 is 8.83 Å². The van der Waals surface area contributed by atoms with Crippen molar-refractivity contribution in [3.05, 3.63) is 52.7 Å². The minimum absolute atomic E-state index is 0.583. The van der Waals surface area contributed by atoms with Crippen LogP contribution in [-0.2, 0) is 0 Å².